The van der Waals surface area contributed by atoms with E-state index in [4.69, 9.17) is 9.15 Å². The van der Waals surface area contributed by atoms with Gasteiger partial charge in [0.15, 0.2) is 0 Å². The van der Waals surface area contributed by atoms with Gasteiger partial charge in [-0.2, -0.15) is 13.2 Å². The lowest BCUT2D eigenvalue weighted by Crippen LogP contribution is -2.05. The second-order valence-corrected chi connectivity index (χ2v) is 5.78. The molecule has 1 aromatic heterocycles. The van der Waals surface area contributed by atoms with Crippen molar-refractivity contribution in [2.24, 2.45) is 0 Å². The van der Waals surface area contributed by atoms with E-state index in [1.54, 1.807) is 19.1 Å². The highest BCUT2D eigenvalue weighted by atomic mass is 19.4. The molecule has 4 nitrogen and oxygen atoms in total. The minimum absolute atomic E-state index is 0.179. The van der Waals surface area contributed by atoms with Crippen LogP contribution < -0.4 is 10.4 Å². The fourth-order valence-corrected chi connectivity index (χ4v) is 2.47. The van der Waals surface area contributed by atoms with Crippen molar-refractivity contribution in [2.45, 2.75) is 13.1 Å². The van der Waals surface area contributed by atoms with Gasteiger partial charge in [-0.3, -0.25) is 0 Å². The number of esters is 1. The summed E-state index contributed by atoms with van der Waals surface area (Å²) >= 11 is 0. The van der Waals surface area contributed by atoms with Crippen molar-refractivity contribution in [1.82, 2.24) is 0 Å². The fraction of sp³-hybridized carbons (Fsp3) is 0.100. The SMILES string of the molecule is Cc1cc(=O)oc2cc(OC(=O)/C=C/c3ccc(C(F)(F)F)cc3)ccc12. The minimum atomic E-state index is -4.41. The summed E-state index contributed by atoms with van der Waals surface area (Å²) in [7, 11) is 0. The van der Waals surface area contributed by atoms with Crippen LogP contribution in [-0.4, -0.2) is 5.97 Å². The molecule has 3 aromatic rings. The van der Waals surface area contributed by atoms with Crippen molar-refractivity contribution < 1.29 is 27.1 Å². The van der Waals surface area contributed by atoms with Gasteiger partial charge in [-0.05, 0) is 48.4 Å². The molecule has 0 saturated heterocycles. The fourth-order valence-electron chi connectivity index (χ4n) is 2.47. The molecular formula is C20H13F3O4. The van der Waals surface area contributed by atoms with Crippen LogP contribution in [0.5, 0.6) is 5.75 Å². The van der Waals surface area contributed by atoms with Crippen LogP contribution in [-0.2, 0) is 11.0 Å². The number of carbonyl (C=O) groups is 1. The number of hydrogen-bond acceptors (Lipinski definition) is 4. The summed E-state index contributed by atoms with van der Waals surface area (Å²) in [5.74, 6) is -0.539. The van der Waals surface area contributed by atoms with Crippen LogP contribution >= 0.6 is 0 Å². The Kier molecular flexibility index (Phi) is 4.85. The zero-order chi connectivity index (χ0) is 19.6. The van der Waals surface area contributed by atoms with Gasteiger partial charge in [0.05, 0.1) is 5.56 Å². The monoisotopic (exact) mass is 374 g/mol. The van der Waals surface area contributed by atoms with Crippen molar-refractivity contribution in [2.75, 3.05) is 0 Å². The van der Waals surface area contributed by atoms with E-state index in [0.717, 1.165) is 29.2 Å². The highest BCUT2D eigenvalue weighted by Gasteiger charge is 2.29. The van der Waals surface area contributed by atoms with E-state index >= 15 is 0 Å². The van der Waals surface area contributed by atoms with E-state index < -0.39 is 23.3 Å². The maximum Gasteiger partial charge on any atom is 0.416 e. The predicted molar refractivity (Wildman–Crippen MR) is 93.3 cm³/mol. The number of benzene rings is 2. The van der Waals surface area contributed by atoms with Gasteiger partial charge in [-0.25, -0.2) is 9.59 Å². The third kappa shape index (κ3) is 4.44. The van der Waals surface area contributed by atoms with Crippen LogP contribution in [0.4, 0.5) is 13.2 Å². The van der Waals surface area contributed by atoms with Gasteiger partial charge in [-0.15, -0.1) is 0 Å². The Morgan fingerprint density at radius 2 is 1.78 bits per heavy atom. The lowest BCUT2D eigenvalue weighted by molar-refractivity contribution is -0.137. The summed E-state index contributed by atoms with van der Waals surface area (Å²) in [6, 6.07) is 10.4. The van der Waals surface area contributed by atoms with Crippen LogP contribution in [0.1, 0.15) is 16.7 Å². The molecule has 0 unspecified atom stereocenters. The average molecular weight is 374 g/mol. The standard InChI is InChI=1S/C20H13F3O4/c1-12-10-19(25)27-17-11-15(7-8-16(12)17)26-18(24)9-4-13-2-5-14(6-3-13)20(21,22)23/h2-11H,1H3/b9-4+. The molecule has 0 spiro atoms. The van der Waals surface area contributed by atoms with Gasteiger partial charge in [-0.1, -0.05) is 12.1 Å². The maximum atomic E-state index is 12.5. The number of hydrogen-bond donors (Lipinski definition) is 0. The van der Waals surface area contributed by atoms with Crippen LogP contribution in [0, 0.1) is 6.92 Å². The Hall–Kier alpha value is -3.35. The quantitative estimate of drug-likeness (QED) is 0.288. The summed E-state index contributed by atoms with van der Waals surface area (Å²) in [6.07, 6.45) is -1.97. The molecule has 0 N–H and O–H groups in total. The second-order valence-electron chi connectivity index (χ2n) is 5.78. The Morgan fingerprint density at radius 3 is 2.44 bits per heavy atom. The molecule has 3 rings (SSSR count). The topological polar surface area (TPSA) is 56.5 Å². The van der Waals surface area contributed by atoms with Gasteiger partial charge >= 0.3 is 17.8 Å². The highest BCUT2D eigenvalue weighted by molar-refractivity contribution is 5.89. The molecule has 0 fully saturated rings. The van der Waals surface area contributed by atoms with Crippen LogP contribution in [0.3, 0.4) is 0 Å². The first kappa shape index (κ1) is 18.4. The molecule has 7 heteroatoms. The average Bonchev–Trinajstić information content (AvgIpc) is 2.59. The number of ether oxygens (including phenoxy) is 1. The summed E-state index contributed by atoms with van der Waals surface area (Å²) < 4.78 is 47.8. The van der Waals surface area contributed by atoms with Crippen molar-refractivity contribution in [1.29, 1.82) is 0 Å². The van der Waals surface area contributed by atoms with Gasteiger partial charge in [0.1, 0.15) is 11.3 Å². The first-order chi connectivity index (χ1) is 12.7. The molecule has 0 amide bonds. The molecule has 0 aliphatic heterocycles. The largest absolute Gasteiger partial charge is 0.423 e. The molecule has 0 aliphatic carbocycles. The summed E-state index contributed by atoms with van der Waals surface area (Å²) in [6.45, 7) is 1.76. The number of alkyl halides is 3. The lowest BCUT2D eigenvalue weighted by atomic mass is 10.1. The molecule has 0 aliphatic rings. The van der Waals surface area contributed by atoms with Gasteiger partial charge < -0.3 is 9.15 Å². The molecule has 138 valence electrons. The van der Waals surface area contributed by atoms with Crippen molar-refractivity contribution in [3.05, 3.63) is 81.7 Å². The van der Waals surface area contributed by atoms with E-state index in [1.807, 2.05) is 0 Å². The van der Waals surface area contributed by atoms with E-state index in [-0.39, 0.29) is 11.3 Å². The van der Waals surface area contributed by atoms with Gasteiger partial charge in [0.2, 0.25) is 0 Å². The Morgan fingerprint density at radius 1 is 1.07 bits per heavy atom. The molecule has 2 aromatic carbocycles. The predicted octanol–water partition coefficient (Wildman–Crippen LogP) is 4.74. The molecule has 27 heavy (non-hydrogen) atoms. The molecule has 0 radical (unpaired) electrons. The molecular weight excluding hydrogens is 361 g/mol. The summed E-state index contributed by atoms with van der Waals surface area (Å²) in [5, 5.41) is 0.717. The zero-order valence-corrected chi connectivity index (χ0v) is 14.0. The minimum Gasteiger partial charge on any atom is -0.423 e. The number of halogens is 3. The van der Waals surface area contributed by atoms with Gasteiger partial charge in [0, 0.05) is 23.6 Å². The van der Waals surface area contributed by atoms with Crippen LogP contribution in [0.2, 0.25) is 0 Å². The number of carbonyl (C=O) groups excluding carboxylic acids is 1. The van der Waals surface area contributed by atoms with Crippen molar-refractivity contribution >= 4 is 23.0 Å². The Labute approximate surface area is 151 Å². The van der Waals surface area contributed by atoms with Crippen LogP contribution in [0.25, 0.3) is 17.0 Å². The first-order valence-corrected chi connectivity index (χ1v) is 7.84. The number of rotatable bonds is 3. The van der Waals surface area contributed by atoms with E-state index in [9.17, 15) is 22.8 Å². The maximum absolute atomic E-state index is 12.5. The Bertz CT molecular complexity index is 1080. The normalized spacial score (nSPS) is 11.9. The van der Waals surface area contributed by atoms with Gasteiger partial charge in [0.25, 0.3) is 0 Å². The highest BCUT2D eigenvalue weighted by Crippen LogP contribution is 2.29. The second kappa shape index (κ2) is 7.11. The molecule has 0 bridgehead atoms. The third-order valence-corrected chi connectivity index (χ3v) is 3.79. The number of fused-ring (bicyclic) bond motifs is 1. The Balaban J connectivity index is 1.73. The van der Waals surface area contributed by atoms with Crippen molar-refractivity contribution in [3.63, 3.8) is 0 Å². The van der Waals surface area contributed by atoms with E-state index in [0.29, 0.717) is 5.56 Å². The van der Waals surface area contributed by atoms with E-state index in [1.165, 1.54) is 30.3 Å². The first-order valence-electron chi connectivity index (χ1n) is 7.84. The third-order valence-electron chi connectivity index (χ3n) is 3.79. The van der Waals surface area contributed by atoms with E-state index in [2.05, 4.69) is 0 Å². The summed E-state index contributed by atoms with van der Waals surface area (Å²) in [5.41, 5.74) is 0.166. The smallest absolute Gasteiger partial charge is 0.416 e. The zero-order valence-electron chi connectivity index (χ0n) is 14.0. The lowest BCUT2D eigenvalue weighted by Gasteiger charge is -2.06. The number of aryl methyl sites for hydroxylation is 1. The molecule has 1 heterocycles. The van der Waals surface area contributed by atoms with Crippen molar-refractivity contribution in [3.8, 4) is 5.75 Å². The van der Waals surface area contributed by atoms with Crippen LogP contribution in [0.15, 0.2) is 63.8 Å². The summed E-state index contributed by atoms with van der Waals surface area (Å²) in [4.78, 5) is 23.3. The molecule has 0 saturated carbocycles. The molecule has 0 atom stereocenters.